The molecule has 1 fully saturated rings. The molecule has 0 atom stereocenters. The van der Waals surface area contributed by atoms with Gasteiger partial charge in [-0.15, -0.1) is 0 Å². The van der Waals surface area contributed by atoms with Crippen molar-refractivity contribution in [1.82, 2.24) is 19.9 Å². The number of nitrogens with one attached hydrogen (secondary N) is 1. The van der Waals surface area contributed by atoms with Crippen LogP contribution in [0.2, 0.25) is 0 Å². The Balaban J connectivity index is 1.47. The zero-order valence-corrected chi connectivity index (χ0v) is 15.0. The van der Waals surface area contributed by atoms with E-state index in [-0.39, 0.29) is 5.82 Å². The van der Waals surface area contributed by atoms with Gasteiger partial charge in [-0.05, 0) is 31.2 Å². The van der Waals surface area contributed by atoms with E-state index >= 15 is 0 Å². The summed E-state index contributed by atoms with van der Waals surface area (Å²) in [7, 11) is 0. The molecule has 1 saturated heterocycles. The Kier molecular flexibility index (Phi) is 4.78. The van der Waals surface area contributed by atoms with Gasteiger partial charge in [0.1, 0.15) is 23.3 Å². The van der Waals surface area contributed by atoms with Gasteiger partial charge in [-0.25, -0.2) is 24.3 Å². The summed E-state index contributed by atoms with van der Waals surface area (Å²) in [5, 5.41) is 3.15. The third-order valence-electron chi connectivity index (χ3n) is 4.36. The monoisotopic (exact) mass is 365 g/mol. The summed E-state index contributed by atoms with van der Waals surface area (Å²) in [4.78, 5) is 22.0. The van der Waals surface area contributed by atoms with Crippen LogP contribution in [0.15, 0.2) is 48.8 Å². The summed E-state index contributed by atoms with van der Waals surface area (Å²) in [5.41, 5.74) is 0.657. The SMILES string of the molecule is Cc1nc(Nc2cccc(F)c2)cc(N2CCN(c3ncccn3)CC2)n1. The maximum absolute atomic E-state index is 13.4. The first-order valence-electron chi connectivity index (χ1n) is 8.82. The summed E-state index contributed by atoms with van der Waals surface area (Å²) < 4.78 is 13.4. The van der Waals surface area contributed by atoms with Crippen molar-refractivity contribution in [1.29, 1.82) is 0 Å². The molecular formula is C19H20FN7. The lowest BCUT2D eigenvalue weighted by Gasteiger charge is -2.35. The normalized spacial score (nSPS) is 14.3. The number of hydrogen-bond donors (Lipinski definition) is 1. The average Bonchev–Trinajstić information content (AvgIpc) is 2.68. The minimum absolute atomic E-state index is 0.287. The molecule has 1 N–H and O–H groups in total. The van der Waals surface area contributed by atoms with Gasteiger partial charge in [-0.3, -0.25) is 0 Å². The molecule has 0 spiro atoms. The fraction of sp³-hybridized carbons (Fsp3) is 0.263. The van der Waals surface area contributed by atoms with Crippen molar-refractivity contribution in [3.8, 4) is 0 Å². The van der Waals surface area contributed by atoms with Crippen LogP contribution < -0.4 is 15.1 Å². The van der Waals surface area contributed by atoms with Crippen molar-refractivity contribution in [3.63, 3.8) is 0 Å². The standard InChI is InChI=1S/C19H20FN7/c1-14-23-17(25-16-5-2-4-15(20)12-16)13-18(24-14)26-8-10-27(11-9-26)19-21-6-3-7-22-19/h2-7,12-13H,8-11H2,1H3,(H,23,24,25). The van der Waals surface area contributed by atoms with Crippen molar-refractivity contribution >= 4 is 23.3 Å². The number of rotatable bonds is 4. The Morgan fingerprint density at radius 1 is 0.926 bits per heavy atom. The molecule has 3 heterocycles. The number of aryl methyl sites for hydroxylation is 1. The summed E-state index contributed by atoms with van der Waals surface area (Å²) >= 11 is 0. The van der Waals surface area contributed by atoms with Gasteiger partial charge in [-0.1, -0.05) is 6.07 Å². The Hall–Kier alpha value is -3.29. The van der Waals surface area contributed by atoms with E-state index in [4.69, 9.17) is 0 Å². The van der Waals surface area contributed by atoms with E-state index in [2.05, 4.69) is 35.1 Å². The zero-order valence-electron chi connectivity index (χ0n) is 15.0. The highest BCUT2D eigenvalue weighted by Gasteiger charge is 2.20. The molecule has 4 rings (SSSR count). The first-order valence-corrected chi connectivity index (χ1v) is 8.82. The van der Waals surface area contributed by atoms with Gasteiger partial charge in [0, 0.05) is 50.3 Å². The largest absolute Gasteiger partial charge is 0.353 e. The van der Waals surface area contributed by atoms with Crippen LogP contribution in [-0.4, -0.2) is 46.1 Å². The van der Waals surface area contributed by atoms with Crippen LogP contribution >= 0.6 is 0 Å². The first kappa shape index (κ1) is 17.1. The second-order valence-electron chi connectivity index (χ2n) is 6.32. The second kappa shape index (κ2) is 7.53. The molecule has 0 unspecified atom stereocenters. The molecule has 27 heavy (non-hydrogen) atoms. The minimum Gasteiger partial charge on any atom is -0.353 e. The Bertz CT molecular complexity index is 911. The van der Waals surface area contributed by atoms with Crippen LogP contribution in [0.1, 0.15) is 5.82 Å². The molecular weight excluding hydrogens is 345 g/mol. The Morgan fingerprint density at radius 2 is 1.67 bits per heavy atom. The summed E-state index contributed by atoms with van der Waals surface area (Å²) in [6, 6.07) is 10.0. The lowest BCUT2D eigenvalue weighted by atomic mass is 10.3. The molecule has 0 bridgehead atoms. The third-order valence-corrected chi connectivity index (χ3v) is 4.36. The fourth-order valence-corrected chi connectivity index (χ4v) is 3.08. The molecule has 2 aromatic heterocycles. The van der Waals surface area contributed by atoms with E-state index in [1.807, 2.05) is 19.1 Å². The molecule has 1 aliphatic rings. The highest BCUT2D eigenvalue weighted by atomic mass is 19.1. The molecule has 0 amide bonds. The van der Waals surface area contributed by atoms with Crippen molar-refractivity contribution < 1.29 is 4.39 Å². The van der Waals surface area contributed by atoms with Crippen LogP contribution in [0.5, 0.6) is 0 Å². The number of aromatic nitrogens is 4. The maximum atomic E-state index is 13.4. The highest BCUT2D eigenvalue weighted by molar-refractivity contribution is 5.60. The number of halogens is 1. The van der Waals surface area contributed by atoms with Gasteiger partial charge in [0.25, 0.3) is 0 Å². The lowest BCUT2D eigenvalue weighted by Crippen LogP contribution is -2.47. The van der Waals surface area contributed by atoms with Gasteiger partial charge in [-0.2, -0.15) is 0 Å². The summed E-state index contributed by atoms with van der Waals surface area (Å²) in [6.45, 7) is 5.12. The van der Waals surface area contributed by atoms with E-state index < -0.39 is 0 Å². The maximum Gasteiger partial charge on any atom is 0.225 e. The number of anilines is 4. The van der Waals surface area contributed by atoms with Crippen LogP contribution in [0, 0.1) is 12.7 Å². The van der Waals surface area contributed by atoms with Gasteiger partial charge in [0.15, 0.2) is 0 Å². The lowest BCUT2D eigenvalue weighted by molar-refractivity contribution is 0.628. The van der Waals surface area contributed by atoms with Crippen molar-refractivity contribution in [2.75, 3.05) is 41.3 Å². The van der Waals surface area contributed by atoms with Gasteiger partial charge in [0.05, 0.1) is 0 Å². The van der Waals surface area contributed by atoms with Crippen LogP contribution in [0.4, 0.5) is 27.7 Å². The average molecular weight is 365 g/mol. The smallest absolute Gasteiger partial charge is 0.225 e. The predicted octanol–water partition coefficient (Wildman–Crippen LogP) is 2.78. The molecule has 3 aromatic rings. The zero-order chi connectivity index (χ0) is 18.6. The topological polar surface area (TPSA) is 70.1 Å². The first-order chi connectivity index (χ1) is 13.2. The Labute approximate surface area is 156 Å². The minimum atomic E-state index is -0.287. The van der Waals surface area contributed by atoms with Crippen molar-refractivity contribution in [3.05, 3.63) is 60.4 Å². The number of nitrogens with zero attached hydrogens (tertiary/aromatic N) is 6. The van der Waals surface area contributed by atoms with Crippen LogP contribution in [-0.2, 0) is 0 Å². The fourth-order valence-electron chi connectivity index (χ4n) is 3.08. The van der Waals surface area contributed by atoms with E-state index in [0.717, 1.165) is 37.9 Å². The van der Waals surface area contributed by atoms with E-state index in [1.165, 1.54) is 12.1 Å². The second-order valence-corrected chi connectivity index (χ2v) is 6.32. The third kappa shape index (κ3) is 4.11. The molecule has 138 valence electrons. The van der Waals surface area contributed by atoms with Crippen molar-refractivity contribution in [2.24, 2.45) is 0 Å². The predicted molar refractivity (Wildman–Crippen MR) is 103 cm³/mol. The van der Waals surface area contributed by atoms with Gasteiger partial charge >= 0.3 is 0 Å². The summed E-state index contributed by atoms with van der Waals surface area (Å²) in [5.74, 6) is 2.64. The number of benzene rings is 1. The Morgan fingerprint density at radius 3 is 2.41 bits per heavy atom. The molecule has 1 aliphatic heterocycles. The van der Waals surface area contributed by atoms with E-state index in [9.17, 15) is 4.39 Å². The van der Waals surface area contributed by atoms with Gasteiger partial charge < -0.3 is 15.1 Å². The molecule has 0 saturated carbocycles. The van der Waals surface area contributed by atoms with Crippen LogP contribution in [0.25, 0.3) is 0 Å². The highest BCUT2D eigenvalue weighted by Crippen LogP contribution is 2.22. The molecule has 8 heteroatoms. The molecule has 7 nitrogen and oxygen atoms in total. The molecule has 1 aromatic carbocycles. The van der Waals surface area contributed by atoms with E-state index in [1.54, 1.807) is 24.5 Å². The number of piperazine rings is 1. The van der Waals surface area contributed by atoms with Crippen molar-refractivity contribution in [2.45, 2.75) is 6.92 Å². The summed E-state index contributed by atoms with van der Waals surface area (Å²) in [6.07, 6.45) is 3.51. The number of hydrogen-bond acceptors (Lipinski definition) is 7. The molecule has 0 aliphatic carbocycles. The van der Waals surface area contributed by atoms with Crippen LogP contribution in [0.3, 0.4) is 0 Å². The quantitative estimate of drug-likeness (QED) is 0.762. The van der Waals surface area contributed by atoms with E-state index in [0.29, 0.717) is 17.3 Å². The molecule has 0 radical (unpaired) electrons. The van der Waals surface area contributed by atoms with Gasteiger partial charge in [0.2, 0.25) is 5.95 Å².